The van der Waals surface area contributed by atoms with E-state index in [1.807, 2.05) is 24.3 Å². The van der Waals surface area contributed by atoms with Gasteiger partial charge in [-0.3, -0.25) is 0 Å². The number of nitrogens with zero attached hydrogens (tertiary/aromatic N) is 4. The zero-order valence-electron chi connectivity index (χ0n) is 16.1. The molecule has 0 radical (unpaired) electrons. The fraction of sp³-hybridized carbons (Fsp3) is 0.500. The first kappa shape index (κ1) is 20.1. The molecule has 2 saturated heterocycles. The summed E-state index contributed by atoms with van der Waals surface area (Å²) in [6.07, 6.45) is 3.48. The maximum absolute atomic E-state index is 12.5. The smallest absolute Gasteiger partial charge is 0.292 e. The number of benzene rings is 1. The molecule has 1 aromatic carbocycles. The summed E-state index contributed by atoms with van der Waals surface area (Å²) in [5.74, 6) is 0.669. The Morgan fingerprint density at radius 1 is 1.34 bits per heavy atom. The molecule has 2 atom stereocenters. The molecule has 1 aromatic heterocycles. The number of aromatic nitrogens is 2. The lowest BCUT2D eigenvalue weighted by atomic mass is 9.98. The molecule has 0 bridgehead atoms. The van der Waals surface area contributed by atoms with Crippen LogP contribution in [-0.4, -0.2) is 78.7 Å². The van der Waals surface area contributed by atoms with E-state index >= 15 is 0 Å². The predicted molar refractivity (Wildman–Crippen MR) is 105 cm³/mol. The van der Waals surface area contributed by atoms with E-state index in [1.54, 1.807) is 16.7 Å². The van der Waals surface area contributed by atoms with Crippen molar-refractivity contribution in [2.75, 3.05) is 40.0 Å². The van der Waals surface area contributed by atoms with E-state index in [4.69, 9.17) is 9.47 Å². The quantitative estimate of drug-likeness (QED) is 0.590. The van der Waals surface area contributed by atoms with Crippen molar-refractivity contribution in [1.29, 1.82) is 0 Å². The summed E-state index contributed by atoms with van der Waals surface area (Å²) in [4.78, 5) is 0. The van der Waals surface area contributed by atoms with Crippen molar-refractivity contribution in [1.82, 2.24) is 23.9 Å². The van der Waals surface area contributed by atoms with Crippen LogP contribution in [0.4, 0.5) is 0 Å². The maximum Gasteiger partial charge on any atom is 0.292 e. The molecule has 2 fully saturated rings. The Kier molecular flexibility index (Phi) is 5.74. The van der Waals surface area contributed by atoms with Crippen LogP contribution in [0.1, 0.15) is 6.42 Å². The fourth-order valence-electron chi connectivity index (χ4n) is 3.22. The van der Waals surface area contributed by atoms with Crippen LogP contribution in [0.3, 0.4) is 0 Å². The molecule has 2 aliphatic heterocycles. The Morgan fingerprint density at radius 2 is 2.10 bits per heavy atom. The van der Waals surface area contributed by atoms with E-state index in [0.717, 1.165) is 18.8 Å². The van der Waals surface area contributed by atoms with Gasteiger partial charge in [-0.1, -0.05) is 0 Å². The molecule has 3 heterocycles. The lowest BCUT2D eigenvalue weighted by molar-refractivity contribution is 0.0179. The van der Waals surface area contributed by atoms with E-state index in [0.29, 0.717) is 32.0 Å². The zero-order chi connectivity index (χ0) is 20.4. The Hall–Kier alpha value is -2.18. The van der Waals surface area contributed by atoms with Crippen molar-refractivity contribution in [3.8, 4) is 17.2 Å². The molecule has 2 N–H and O–H groups in total. The minimum absolute atomic E-state index is 0.0936. The third-order valence-corrected chi connectivity index (χ3v) is 6.61. The first-order chi connectivity index (χ1) is 13.9. The average Bonchev–Trinajstić information content (AvgIpc) is 3.47. The molecule has 4 rings (SSSR count). The van der Waals surface area contributed by atoms with E-state index in [1.165, 1.54) is 16.8 Å². The van der Waals surface area contributed by atoms with Crippen molar-refractivity contribution in [3.05, 3.63) is 36.7 Å². The molecule has 2 aliphatic rings. The molecule has 10 nitrogen and oxygen atoms in total. The predicted octanol–water partition coefficient (Wildman–Crippen LogP) is 0.359. The number of hydrogen-bond acceptors (Lipinski definition) is 7. The normalized spacial score (nSPS) is 22.7. The molecule has 0 saturated carbocycles. The minimum atomic E-state index is -3.58. The lowest BCUT2D eigenvalue weighted by Gasteiger charge is -2.33. The summed E-state index contributed by atoms with van der Waals surface area (Å²) in [6.45, 7) is 2.80. The van der Waals surface area contributed by atoms with Crippen LogP contribution < -0.4 is 9.46 Å². The highest BCUT2D eigenvalue weighted by Gasteiger charge is 2.36. The Bertz CT molecular complexity index is 928. The maximum atomic E-state index is 12.5. The van der Waals surface area contributed by atoms with Crippen LogP contribution in [0.5, 0.6) is 11.5 Å². The number of rotatable bonds is 8. The van der Waals surface area contributed by atoms with Gasteiger partial charge >= 0.3 is 0 Å². The highest BCUT2D eigenvalue weighted by molar-refractivity contribution is 7.87. The Labute approximate surface area is 169 Å². The average molecular weight is 423 g/mol. The Balaban J connectivity index is 1.36. The van der Waals surface area contributed by atoms with Crippen molar-refractivity contribution >= 4 is 10.2 Å². The van der Waals surface area contributed by atoms with Crippen LogP contribution in [-0.2, 0) is 14.9 Å². The topological polar surface area (TPSA) is 109 Å². The summed E-state index contributed by atoms with van der Waals surface area (Å²) in [6, 6.07) is 7.04. The van der Waals surface area contributed by atoms with Crippen molar-refractivity contribution < 1.29 is 23.0 Å². The van der Waals surface area contributed by atoms with Gasteiger partial charge in [0, 0.05) is 38.7 Å². The first-order valence-electron chi connectivity index (χ1n) is 9.48. The van der Waals surface area contributed by atoms with Gasteiger partial charge < -0.3 is 14.6 Å². The van der Waals surface area contributed by atoms with Gasteiger partial charge in [0.25, 0.3) is 10.2 Å². The van der Waals surface area contributed by atoms with Crippen LogP contribution in [0.2, 0.25) is 0 Å². The molecule has 0 amide bonds. The summed E-state index contributed by atoms with van der Waals surface area (Å²) in [5, 5.41) is 15.2. The van der Waals surface area contributed by atoms with E-state index < -0.39 is 10.2 Å². The number of aromatic hydroxyl groups is 1. The third kappa shape index (κ3) is 4.87. The summed E-state index contributed by atoms with van der Waals surface area (Å²) in [7, 11) is -2.02. The molecular formula is C18H25N5O5S. The highest BCUT2D eigenvalue weighted by atomic mass is 32.2. The highest BCUT2D eigenvalue weighted by Crippen LogP contribution is 2.21. The second kappa shape index (κ2) is 8.28. The standard InChI is InChI=1S/C18H25N5O5S/c1-21(22-7-8-22)29(25,26)20-18-6-9-27-12-14(18)13-28-17-4-2-15(3-5-17)23-11-16(24)10-19-23/h2-5,10-11,14,18,20,24H,6-9,12-13H2,1H3. The summed E-state index contributed by atoms with van der Waals surface area (Å²) >= 11 is 0. The van der Waals surface area contributed by atoms with Gasteiger partial charge in [-0.25, -0.2) is 9.69 Å². The molecule has 2 aromatic rings. The van der Waals surface area contributed by atoms with Crippen LogP contribution >= 0.6 is 0 Å². The summed E-state index contributed by atoms with van der Waals surface area (Å²) < 4.78 is 42.1. The van der Waals surface area contributed by atoms with Gasteiger partial charge in [0.2, 0.25) is 0 Å². The van der Waals surface area contributed by atoms with Crippen LogP contribution in [0.25, 0.3) is 5.69 Å². The van der Waals surface area contributed by atoms with Crippen molar-refractivity contribution in [3.63, 3.8) is 0 Å². The molecule has 29 heavy (non-hydrogen) atoms. The van der Waals surface area contributed by atoms with E-state index in [2.05, 4.69) is 9.82 Å². The summed E-state index contributed by atoms with van der Waals surface area (Å²) in [5.41, 5.74) is 0.794. The number of ether oxygens (including phenoxy) is 2. The van der Waals surface area contributed by atoms with Gasteiger partial charge in [-0.15, -0.1) is 4.41 Å². The van der Waals surface area contributed by atoms with Gasteiger partial charge in [-0.05, 0) is 30.7 Å². The van der Waals surface area contributed by atoms with Gasteiger partial charge in [-0.2, -0.15) is 18.2 Å². The molecule has 2 unspecified atom stereocenters. The molecule has 11 heteroatoms. The lowest BCUT2D eigenvalue weighted by Crippen LogP contribution is -2.52. The van der Waals surface area contributed by atoms with Gasteiger partial charge in [0.1, 0.15) is 5.75 Å². The third-order valence-electron chi connectivity index (χ3n) is 5.08. The van der Waals surface area contributed by atoms with E-state index in [9.17, 15) is 13.5 Å². The number of hydrazine groups is 1. The zero-order valence-corrected chi connectivity index (χ0v) is 17.0. The van der Waals surface area contributed by atoms with Crippen molar-refractivity contribution in [2.24, 2.45) is 5.92 Å². The van der Waals surface area contributed by atoms with Gasteiger partial charge in [0.15, 0.2) is 5.75 Å². The minimum Gasteiger partial charge on any atom is -0.505 e. The fourth-order valence-corrected chi connectivity index (χ4v) is 4.53. The Morgan fingerprint density at radius 3 is 2.76 bits per heavy atom. The van der Waals surface area contributed by atoms with E-state index in [-0.39, 0.29) is 17.7 Å². The SMILES string of the molecule is CN(N1CC1)S(=O)(=O)NC1CCOCC1COc1ccc(-n2cc(O)cn2)cc1. The largest absolute Gasteiger partial charge is 0.505 e. The second-order valence-electron chi connectivity index (χ2n) is 7.19. The first-order valence-corrected chi connectivity index (χ1v) is 10.9. The molecule has 0 spiro atoms. The second-order valence-corrected chi connectivity index (χ2v) is 8.90. The van der Waals surface area contributed by atoms with Crippen molar-refractivity contribution in [2.45, 2.75) is 12.5 Å². The van der Waals surface area contributed by atoms with Crippen LogP contribution in [0, 0.1) is 5.92 Å². The number of nitrogens with one attached hydrogen (secondary N) is 1. The molecular weight excluding hydrogens is 398 g/mol. The molecule has 0 aliphatic carbocycles. The van der Waals surface area contributed by atoms with Gasteiger partial charge in [0.05, 0.1) is 31.3 Å². The molecule has 158 valence electrons. The number of hydrogen-bond donors (Lipinski definition) is 2. The monoisotopic (exact) mass is 423 g/mol. The van der Waals surface area contributed by atoms with Crippen LogP contribution in [0.15, 0.2) is 36.7 Å².